The molecule has 0 fully saturated rings. The first-order chi connectivity index (χ1) is 9.91. The fourth-order valence-electron chi connectivity index (χ4n) is 2.38. The largest absolute Gasteiger partial charge is 0.453 e. The molecule has 6 heteroatoms. The Balaban J connectivity index is 2.08. The Bertz CT molecular complexity index is 654. The van der Waals surface area contributed by atoms with E-state index in [4.69, 9.17) is 4.74 Å². The molecule has 2 aromatic rings. The highest BCUT2D eigenvalue weighted by molar-refractivity contribution is 5.98. The molecule has 6 nitrogen and oxygen atoms in total. The molecule has 112 valence electrons. The molecule has 0 aliphatic carbocycles. The lowest BCUT2D eigenvalue weighted by Crippen LogP contribution is -2.15. The van der Waals surface area contributed by atoms with Crippen molar-refractivity contribution in [2.45, 2.75) is 26.9 Å². The fraction of sp³-hybridized carbons (Fsp3) is 0.333. The van der Waals surface area contributed by atoms with E-state index in [-0.39, 0.29) is 18.1 Å². The van der Waals surface area contributed by atoms with E-state index in [1.807, 2.05) is 0 Å². The number of carbonyl (C=O) groups is 2. The van der Waals surface area contributed by atoms with Gasteiger partial charge in [-0.3, -0.25) is 4.79 Å². The Morgan fingerprint density at radius 3 is 2.62 bits per heavy atom. The molecule has 0 spiro atoms. The van der Waals surface area contributed by atoms with Crippen molar-refractivity contribution in [2.24, 2.45) is 0 Å². The highest BCUT2D eigenvalue weighted by Crippen LogP contribution is 2.24. The zero-order valence-corrected chi connectivity index (χ0v) is 12.2. The van der Waals surface area contributed by atoms with Gasteiger partial charge in [-0.1, -0.05) is 0 Å². The summed E-state index contributed by atoms with van der Waals surface area (Å²) in [6.45, 7) is 4.80. The Kier molecular flexibility index (Phi) is 4.28. The van der Waals surface area contributed by atoms with Crippen LogP contribution in [0.3, 0.4) is 0 Å². The van der Waals surface area contributed by atoms with Crippen LogP contribution in [0.2, 0.25) is 0 Å². The van der Waals surface area contributed by atoms with Gasteiger partial charge in [0, 0.05) is 17.5 Å². The van der Waals surface area contributed by atoms with Gasteiger partial charge in [-0.25, -0.2) is 4.79 Å². The molecule has 0 saturated heterocycles. The average molecular weight is 290 g/mol. The first-order valence-electron chi connectivity index (χ1n) is 6.62. The first-order valence-corrected chi connectivity index (χ1v) is 6.62. The third-order valence-corrected chi connectivity index (χ3v) is 3.35. The van der Waals surface area contributed by atoms with Crippen LogP contribution in [-0.2, 0) is 4.74 Å². The van der Waals surface area contributed by atoms with Crippen LogP contribution in [0.4, 0.5) is 0 Å². The average Bonchev–Trinajstić information content (AvgIpc) is 3.03. The molecule has 0 aliphatic heterocycles. The van der Waals surface area contributed by atoms with Crippen LogP contribution < -0.4 is 0 Å². The maximum atomic E-state index is 12.0. The predicted octanol–water partition coefficient (Wildman–Crippen LogP) is 2.05. The van der Waals surface area contributed by atoms with E-state index >= 15 is 0 Å². The number of H-pyrrole nitrogens is 2. The van der Waals surface area contributed by atoms with Crippen LogP contribution in [0, 0.1) is 13.8 Å². The molecule has 1 atom stereocenters. The molecule has 2 rings (SSSR count). The molecule has 0 unspecified atom stereocenters. The number of aromatic nitrogens is 2. The number of aromatic amines is 2. The Morgan fingerprint density at radius 2 is 2.10 bits per heavy atom. The molecular formula is C15H18N2O4. The van der Waals surface area contributed by atoms with Crippen LogP contribution in [0.15, 0.2) is 18.3 Å². The summed E-state index contributed by atoms with van der Waals surface area (Å²) in [5.74, 6) is -0.910. The molecule has 0 aromatic carbocycles. The van der Waals surface area contributed by atoms with Gasteiger partial charge in [0.2, 0.25) is 5.78 Å². The number of ketones is 1. The fourth-order valence-corrected chi connectivity index (χ4v) is 2.38. The molecule has 2 heterocycles. The van der Waals surface area contributed by atoms with Crippen molar-refractivity contribution in [3.63, 3.8) is 0 Å². The Labute approximate surface area is 122 Å². The van der Waals surface area contributed by atoms with Gasteiger partial charge in [0.05, 0.1) is 11.8 Å². The van der Waals surface area contributed by atoms with E-state index in [2.05, 4.69) is 9.97 Å². The SMILES string of the molecule is Cc1[nH]c(C(=O)OCC(=O)c2ccc[nH]2)c(C)c1[C@@H](C)O. The number of carbonyl (C=O) groups excluding carboxylic acids is 2. The van der Waals surface area contributed by atoms with Crippen molar-refractivity contribution in [3.05, 3.63) is 46.5 Å². The van der Waals surface area contributed by atoms with Crippen LogP contribution in [0.5, 0.6) is 0 Å². The summed E-state index contributed by atoms with van der Waals surface area (Å²) in [6.07, 6.45) is 0.950. The van der Waals surface area contributed by atoms with E-state index in [9.17, 15) is 14.7 Å². The molecule has 2 aromatic heterocycles. The van der Waals surface area contributed by atoms with E-state index in [0.29, 0.717) is 22.5 Å². The minimum atomic E-state index is -0.677. The van der Waals surface area contributed by atoms with Gasteiger partial charge in [-0.05, 0) is 38.5 Å². The predicted molar refractivity (Wildman–Crippen MR) is 76.3 cm³/mol. The first kappa shape index (κ1) is 15.1. The van der Waals surface area contributed by atoms with Gasteiger partial charge < -0.3 is 19.8 Å². The number of esters is 1. The lowest BCUT2D eigenvalue weighted by atomic mass is 10.1. The maximum Gasteiger partial charge on any atom is 0.355 e. The van der Waals surface area contributed by atoms with E-state index in [1.165, 1.54) is 0 Å². The second-order valence-corrected chi connectivity index (χ2v) is 4.92. The number of aryl methyl sites for hydroxylation is 1. The molecule has 0 radical (unpaired) electrons. The van der Waals surface area contributed by atoms with Crippen molar-refractivity contribution >= 4 is 11.8 Å². The molecule has 0 amide bonds. The zero-order valence-electron chi connectivity index (χ0n) is 12.2. The van der Waals surface area contributed by atoms with Crippen LogP contribution in [0.25, 0.3) is 0 Å². The summed E-state index contributed by atoms with van der Waals surface area (Å²) < 4.78 is 5.02. The number of rotatable bonds is 5. The summed E-state index contributed by atoms with van der Waals surface area (Å²) in [5, 5.41) is 9.69. The van der Waals surface area contributed by atoms with Crippen LogP contribution in [-0.4, -0.2) is 33.4 Å². The standard InChI is InChI=1S/C15H18N2O4/c1-8-13(10(3)18)9(2)17-14(8)15(20)21-7-12(19)11-5-4-6-16-11/h4-6,10,16-18H,7H2,1-3H3/t10-/m1/s1. The second kappa shape index (κ2) is 5.97. The van der Waals surface area contributed by atoms with E-state index in [0.717, 1.165) is 0 Å². The summed E-state index contributed by atoms with van der Waals surface area (Å²) in [4.78, 5) is 29.4. The van der Waals surface area contributed by atoms with Crippen LogP contribution in [0.1, 0.15) is 50.8 Å². The van der Waals surface area contributed by atoms with Gasteiger partial charge >= 0.3 is 5.97 Å². The second-order valence-electron chi connectivity index (χ2n) is 4.92. The highest BCUT2D eigenvalue weighted by Gasteiger charge is 2.21. The highest BCUT2D eigenvalue weighted by atomic mass is 16.5. The van der Waals surface area contributed by atoms with Crippen molar-refractivity contribution in [1.29, 1.82) is 0 Å². The van der Waals surface area contributed by atoms with E-state index < -0.39 is 12.1 Å². The summed E-state index contributed by atoms with van der Waals surface area (Å²) in [6, 6.07) is 3.31. The number of nitrogens with one attached hydrogen (secondary N) is 2. The number of Topliss-reactive ketones (excluding diaryl/α,β-unsaturated/α-hetero) is 1. The molecule has 3 N–H and O–H groups in total. The lowest BCUT2D eigenvalue weighted by molar-refractivity contribution is 0.0467. The van der Waals surface area contributed by atoms with Gasteiger partial charge in [-0.2, -0.15) is 0 Å². The number of ether oxygens (including phenoxy) is 1. The smallest absolute Gasteiger partial charge is 0.355 e. The van der Waals surface area contributed by atoms with Gasteiger partial charge in [-0.15, -0.1) is 0 Å². The van der Waals surface area contributed by atoms with Gasteiger partial charge in [0.15, 0.2) is 6.61 Å². The Hall–Kier alpha value is -2.34. The topological polar surface area (TPSA) is 95.2 Å². The quantitative estimate of drug-likeness (QED) is 0.580. The molecule has 21 heavy (non-hydrogen) atoms. The number of hydrogen-bond donors (Lipinski definition) is 3. The normalized spacial score (nSPS) is 12.2. The van der Waals surface area contributed by atoms with Crippen molar-refractivity contribution in [3.8, 4) is 0 Å². The number of hydrogen-bond acceptors (Lipinski definition) is 4. The monoisotopic (exact) mass is 290 g/mol. The minimum Gasteiger partial charge on any atom is -0.453 e. The summed E-state index contributed by atoms with van der Waals surface area (Å²) in [7, 11) is 0. The summed E-state index contributed by atoms with van der Waals surface area (Å²) in [5.41, 5.74) is 2.69. The zero-order chi connectivity index (χ0) is 15.6. The molecule has 0 aliphatic rings. The van der Waals surface area contributed by atoms with Crippen molar-refractivity contribution in [2.75, 3.05) is 6.61 Å². The van der Waals surface area contributed by atoms with Gasteiger partial charge in [0.25, 0.3) is 0 Å². The number of aliphatic hydroxyl groups excluding tert-OH is 1. The van der Waals surface area contributed by atoms with E-state index in [1.54, 1.807) is 39.1 Å². The maximum absolute atomic E-state index is 12.0. The van der Waals surface area contributed by atoms with Crippen molar-refractivity contribution < 1.29 is 19.4 Å². The number of aliphatic hydroxyl groups is 1. The Morgan fingerprint density at radius 1 is 1.38 bits per heavy atom. The minimum absolute atomic E-state index is 0.266. The molecule has 0 saturated carbocycles. The lowest BCUT2D eigenvalue weighted by Gasteiger charge is -2.05. The third-order valence-electron chi connectivity index (χ3n) is 3.35. The summed E-state index contributed by atoms with van der Waals surface area (Å²) >= 11 is 0. The molecule has 0 bridgehead atoms. The van der Waals surface area contributed by atoms with Crippen molar-refractivity contribution in [1.82, 2.24) is 9.97 Å². The third kappa shape index (κ3) is 3.05. The van der Waals surface area contributed by atoms with Gasteiger partial charge in [0.1, 0.15) is 5.69 Å². The van der Waals surface area contributed by atoms with Crippen LogP contribution >= 0.6 is 0 Å². The molecular weight excluding hydrogens is 272 g/mol.